The van der Waals surface area contributed by atoms with Crippen LogP contribution in [0.1, 0.15) is 32.6 Å². The van der Waals surface area contributed by atoms with Gasteiger partial charge in [-0.25, -0.2) is 0 Å². The second-order valence-electron chi connectivity index (χ2n) is 5.42. The van der Waals surface area contributed by atoms with E-state index in [4.69, 9.17) is 5.73 Å². The lowest BCUT2D eigenvalue weighted by molar-refractivity contribution is 0.193. The Hall–Kier alpha value is -0.590. The van der Waals surface area contributed by atoms with Crippen molar-refractivity contribution in [3.05, 3.63) is 0 Å². The van der Waals surface area contributed by atoms with Crippen molar-refractivity contribution >= 4 is 0 Å². The van der Waals surface area contributed by atoms with Crippen LogP contribution in [-0.2, 0) is 0 Å². The lowest BCUT2D eigenvalue weighted by Crippen LogP contribution is -2.52. The Morgan fingerprint density at radius 1 is 1.47 bits per heavy atom. The third-order valence-electron chi connectivity index (χ3n) is 4.02. The quantitative estimate of drug-likeness (QED) is 0.740. The SMILES string of the molecule is CC(C1CC1)N(C)CC(N)(C#N)C1CC1. The molecule has 0 radical (unpaired) electrons. The summed E-state index contributed by atoms with van der Waals surface area (Å²) in [4.78, 5) is 2.28. The molecule has 2 unspecified atom stereocenters. The fraction of sp³-hybridized carbons (Fsp3) is 0.917. The van der Waals surface area contributed by atoms with Crippen molar-refractivity contribution in [2.75, 3.05) is 13.6 Å². The zero-order chi connectivity index (χ0) is 11.1. The Bertz CT molecular complexity index is 275. The first kappa shape index (κ1) is 10.9. The summed E-state index contributed by atoms with van der Waals surface area (Å²) >= 11 is 0. The van der Waals surface area contributed by atoms with Crippen LogP contribution in [0.25, 0.3) is 0 Å². The molecule has 84 valence electrons. The molecule has 2 aliphatic rings. The zero-order valence-electron chi connectivity index (χ0n) is 9.74. The van der Waals surface area contributed by atoms with E-state index in [1.54, 1.807) is 0 Å². The average Bonchev–Trinajstić information content (AvgIpc) is 3.07. The minimum absolute atomic E-state index is 0.441. The Morgan fingerprint density at radius 3 is 2.47 bits per heavy atom. The van der Waals surface area contributed by atoms with Crippen molar-refractivity contribution in [1.29, 1.82) is 5.26 Å². The molecule has 2 N–H and O–H groups in total. The summed E-state index contributed by atoms with van der Waals surface area (Å²) < 4.78 is 0. The largest absolute Gasteiger partial charge is 0.312 e. The highest BCUT2D eigenvalue weighted by Gasteiger charge is 2.44. The van der Waals surface area contributed by atoms with Crippen molar-refractivity contribution < 1.29 is 0 Å². The summed E-state index contributed by atoms with van der Waals surface area (Å²) in [6.07, 6.45) is 4.96. The van der Waals surface area contributed by atoms with Crippen LogP contribution in [0, 0.1) is 23.2 Å². The number of nitriles is 1. The molecule has 2 atom stereocenters. The summed E-state index contributed by atoms with van der Waals surface area (Å²) in [6.45, 7) is 2.98. The first-order valence-corrected chi connectivity index (χ1v) is 5.97. The Labute approximate surface area is 92.2 Å². The van der Waals surface area contributed by atoms with E-state index >= 15 is 0 Å². The lowest BCUT2D eigenvalue weighted by Gasteiger charge is -2.32. The molecule has 0 aromatic heterocycles. The maximum Gasteiger partial charge on any atom is 0.119 e. The molecule has 0 aliphatic heterocycles. The summed E-state index contributed by atoms with van der Waals surface area (Å²) in [6, 6.07) is 2.90. The van der Waals surface area contributed by atoms with Crippen LogP contribution in [0.4, 0.5) is 0 Å². The molecule has 0 saturated heterocycles. The molecule has 15 heavy (non-hydrogen) atoms. The van der Waals surface area contributed by atoms with Crippen LogP contribution in [0.5, 0.6) is 0 Å². The molecule has 2 fully saturated rings. The molecule has 2 aliphatic carbocycles. The van der Waals surface area contributed by atoms with Gasteiger partial charge in [-0.1, -0.05) is 0 Å². The molecule has 2 saturated carbocycles. The first-order valence-electron chi connectivity index (χ1n) is 5.97. The van der Waals surface area contributed by atoms with Crippen LogP contribution >= 0.6 is 0 Å². The van der Waals surface area contributed by atoms with Gasteiger partial charge in [-0.15, -0.1) is 0 Å². The normalized spacial score (nSPS) is 27.1. The van der Waals surface area contributed by atoms with E-state index in [2.05, 4.69) is 24.9 Å². The van der Waals surface area contributed by atoms with Gasteiger partial charge in [0.25, 0.3) is 0 Å². The highest BCUT2D eigenvalue weighted by molar-refractivity contribution is 5.15. The smallest absolute Gasteiger partial charge is 0.119 e. The summed E-state index contributed by atoms with van der Waals surface area (Å²) in [5, 5.41) is 9.18. The molecule has 0 heterocycles. The third kappa shape index (κ3) is 2.32. The maximum absolute atomic E-state index is 9.18. The molecule has 3 heteroatoms. The molecular weight excluding hydrogens is 186 g/mol. The lowest BCUT2D eigenvalue weighted by atomic mass is 9.95. The number of nitrogens with zero attached hydrogens (tertiary/aromatic N) is 2. The van der Waals surface area contributed by atoms with E-state index in [0.717, 1.165) is 25.3 Å². The average molecular weight is 207 g/mol. The standard InChI is InChI=1S/C12H21N3/c1-9(10-3-4-10)15(2)8-12(14,7-13)11-5-6-11/h9-11H,3-6,8,14H2,1-2H3. The van der Waals surface area contributed by atoms with Crippen molar-refractivity contribution in [2.24, 2.45) is 17.6 Å². The van der Waals surface area contributed by atoms with Crippen LogP contribution in [0.15, 0.2) is 0 Å². The molecule has 0 amide bonds. The van der Waals surface area contributed by atoms with Crippen LogP contribution in [0.3, 0.4) is 0 Å². The second-order valence-corrected chi connectivity index (χ2v) is 5.42. The van der Waals surface area contributed by atoms with Crippen molar-refractivity contribution in [3.8, 4) is 6.07 Å². The molecule has 0 bridgehead atoms. The Morgan fingerprint density at radius 2 is 2.07 bits per heavy atom. The number of nitrogens with two attached hydrogens (primary N) is 1. The van der Waals surface area contributed by atoms with Gasteiger partial charge in [0.2, 0.25) is 0 Å². The predicted octanol–water partition coefficient (Wildman–Crippen LogP) is 1.35. The predicted molar refractivity (Wildman–Crippen MR) is 60.1 cm³/mol. The van der Waals surface area contributed by atoms with E-state index in [0.29, 0.717) is 12.0 Å². The van der Waals surface area contributed by atoms with Gasteiger partial charge in [-0.3, -0.25) is 0 Å². The van der Waals surface area contributed by atoms with Gasteiger partial charge in [0.15, 0.2) is 0 Å². The van der Waals surface area contributed by atoms with Crippen LogP contribution < -0.4 is 5.73 Å². The van der Waals surface area contributed by atoms with Gasteiger partial charge in [0.05, 0.1) is 6.07 Å². The van der Waals surface area contributed by atoms with E-state index in [1.165, 1.54) is 12.8 Å². The van der Waals surface area contributed by atoms with E-state index in [1.807, 2.05) is 0 Å². The number of rotatable bonds is 5. The van der Waals surface area contributed by atoms with Crippen molar-refractivity contribution in [2.45, 2.75) is 44.2 Å². The van der Waals surface area contributed by atoms with Gasteiger partial charge in [-0.2, -0.15) is 5.26 Å². The number of hydrogen-bond donors (Lipinski definition) is 1. The van der Waals surface area contributed by atoms with Gasteiger partial charge >= 0.3 is 0 Å². The fourth-order valence-corrected chi connectivity index (χ4v) is 2.35. The molecule has 0 aromatic rings. The van der Waals surface area contributed by atoms with E-state index in [-0.39, 0.29) is 0 Å². The topological polar surface area (TPSA) is 53.0 Å². The zero-order valence-corrected chi connectivity index (χ0v) is 9.74. The number of likely N-dealkylation sites (N-methyl/N-ethyl adjacent to an activating group) is 1. The highest BCUT2D eigenvalue weighted by Crippen LogP contribution is 2.40. The molecule has 0 aromatic carbocycles. The van der Waals surface area contributed by atoms with Gasteiger partial charge in [0.1, 0.15) is 5.54 Å². The minimum Gasteiger partial charge on any atom is -0.312 e. The van der Waals surface area contributed by atoms with E-state index < -0.39 is 5.54 Å². The first-order chi connectivity index (χ1) is 7.07. The molecule has 0 spiro atoms. The Kier molecular flexibility index (Phi) is 2.74. The molecule has 3 nitrogen and oxygen atoms in total. The Balaban J connectivity index is 1.91. The maximum atomic E-state index is 9.18. The second kappa shape index (κ2) is 3.77. The number of hydrogen-bond acceptors (Lipinski definition) is 3. The van der Waals surface area contributed by atoms with Crippen molar-refractivity contribution in [3.63, 3.8) is 0 Å². The summed E-state index contributed by atoms with van der Waals surface area (Å²) in [5.41, 5.74) is 5.56. The van der Waals surface area contributed by atoms with Crippen LogP contribution in [-0.4, -0.2) is 30.1 Å². The summed E-state index contributed by atoms with van der Waals surface area (Å²) in [7, 11) is 2.10. The summed E-state index contributed by atoms with van der Waals surface area (Å²) in [5.74, 6) is 1.29. The van der Waals surface area contributed by atoms with Crippen LogP contribution in [0.2, 0.25) is 0 Å². The monoisotopic (exact) mass is 207 g/mol. The molecule has 2 rings (SSSR count). The van der Waals surface area contributed by atoms with Crippen molar-refractivity contribution in [1.82, 2.24) is 4.90 Å². The van der Waals surface area contributed by atoms with Gasteiger partial charge in [0, 0.05) is 12.6 Å². The highest BCUT2D eigenvalue weighted by atomic mass is 15.2. The van der Waals surface area contributed by atoms with E-state index in [9.17, 15) is 5.26 Å². The van der Waals surface area contributed by atoms with Gasteiger partial charge < -0.3 is 10.6 Å². The molecular formula is C12H21N3. The third-order valence-corrected chi connectivity index (χ3v) is 4.02. The minimum atomic E-state index is -0.599. The van der Waals surface area contributed by atoms with Gasteiger partial charge in [-0.05, 0) is 51.5 Å². The fourth-order valence-electron chi connectivity index (χ4n) is 2.35.